The van der Waals surface area contributed by atoms with Gasteiger partial charge in [-0.1, -0.05) is 66.5 Å². The molecule has 0 aliphatic heterocycles. The van der Waals surface area contributed by atoms with Gasteiger partial charge >= 0.3 is 0 Å². The quantitative estimate of drug-likeness (QED) is 0.305. The van der Waals surface area contributed by atoms with Crippen molar-refractivity contribution in [2.75, 3.05) is 10.8 Å². The number of aryl methyl sites for hydroxylation is 1. The zero-order valence-corrected chi connectivity index (χ0v) is 24.7. The van der Waals surface area contributed by atoms with E-state index in [0.29, 0.717) is 26.9 Å². The molecule has 3 aromatic carbocycles. The summed E-state index contributed by atoms with van der Waals surface area (Å²) in [6.07, 6.45) is 0.718. The van der Waals surface area contributed by atoms with Crippen molar-refractivity contribution in [1.82, 2.24) is 10.2 Å². The third-order valence-electron chi connectivity index (χ3n) is 6.50. The van der Waals surface area contributed by atoms with E-state index in [0.717, 1.165) is 10.7 Å². The number of hydrogen-bond acceptors (Lipinski definition) is 4. The highest BCUT2D eigenvalue weighted by Crippen LogP contribution is 2.29. The van der Waals surface area contributed by atoms with Crippen LogP contribution in [-0.4, -0.2) is 43.8 Å². The standard InChI is InChI=1S/C29H33Cl2N3O4S/c1-5-21(3)32-29(36)22(4)33(18-23-11-9-10-14-26(23)31)28(35)19-34(27-16-15-24(30)17-20(27)2)39(37,38)25-12-7-6-8-13-25/h6-17,21-22H,5,18-19H2,1-4H3,(H,32,36)/t21-,22+/m0/s1. The van der Waals surface area contributed by atoms with Gasteiger partial charge in [-0.15, -0.1) is 0 Å². The van der Waals surface area contributed by atoms with Gasteiger partial charge in [-0.25, -0.2) is 8.42 Å². The van der Waals surface area contributed by atoms with Gasteiger partial charge in [0.05, 0.1) is 10.6 Å². The first-order valence-corrected chi connectivity index (χ1v) is 14.8. The second-order valence-corrected chi connectivity index (χ2v) is 12.1. The predicted molar refractivity (Wildman–Crippen MR) is 157 cm³/mol. The van der Waals surface area contributed by atoms with Crippen LogP contribution in [0.4, 0.5) is 5.69 Å². The van der Waals surface area contributed by atoms with Crippen LogP contribution < -0.4 is 9.62 Å². The molecule has 0 bridgehead atoms. The van der Waals surface area contributed by atoms with Crippen LogP contribution in [-0.2, 0) is 26.2 Å². The molecule has 0 aliphatic rings. The Hall–Kier alpha value is -3.07. The molecule has 0 aliphatic carbocycles. The van der Waals surface area contributed by atoms with Crippen LogP contribution in [0.1, 0.15) is 38.3 Å². The molecule has 1 N–H and O–H groups in total. The van der Waals surface area contributed by atoms with Crippen molar-refractivity contribution >= 4 is 50.7 Å². The fraction of sp³-hybridized carbons (Fsp3) is 0.310. The molecule has 0 heterocycles. The van der Waals surface area contributed by atoms with Gasteiger partial charge in [0, 0.05) is 22.6 Å². The molecule has 2 atom stereocenters. The van der Waals surface area contributed by atoms with E-state index in [1.165, 1.54) is 17.0 Å². The first kappa shape index (κ1) is 30.5. The van der Waals surface area contributed by atoms with Crippen LogP contribution in [0, 0.1) is 6.92 Å². The Morgan fingerprint density at radius 1 is 0.949 bits per heavy atom. The van der Waals surface area contributed by atoms with E-state index in [2.05, 4.69) is 5.32 Å². The minimum atomic E-state index is -4.15. The van der Waals surface area contributed by atoms with Gasteiger partial charge in [-0.05, 0) is 74.7 Å². The molecule has 3 rings (SSSR count). The Morgan fingerprint density at radius 3 is 2.21 bits per heavy atom. The van der Waals surface area contributed by atoms with E-state index in [1.807, 2.05) is 13.8 Å². The largest absolute Gasteiger partial charge is 0.352 e. The smallest absolute Gasteiger partial charge is 0.264 e. The summed E-state index contributed by atoms with van der Waals surface area (Å²) in [6, 6.07) is 18.7. The van der Waals surface area contributed by atoms with E-state index >= 15 is 0 Å². The maximum absolute atomic E-state index is 14.0. The summed E-state index contributed by atoms with van der Waals surface area (Å²) in [6.45, 7) is 6.65. The van der Waals surface area contributed by atoms with Crippen molar-refractivity contribution in [3.8, 4) is 0 Å². The number of sulfonamides is 1. The molecular formula is C29H33Cl2N3O4S. The zero-order chi connectivity index (χ0) is 28.7. The van der Waals surface area contributed by atoms with E-state index in [1.54, 1.807) is 74.5 Å². The number of benzene rings is 3. The Morgan fingerprint density at radius 2 is 1.59 bits per heavy atom. The zero-order valence-electron chi connectivity index (χ0n) is 22.4. The Balaban J connectivity index is 2.06. The second-order valence-electron chi connectivity index (χ2n) is 9.36. The van der Waals surface area contributed by atoms with E-state index < -0.39 is 28.5 Å². The van der Waals surface area contributed by atoms with Crippen LogP contribution in [0.3, 0.4) is 0 Å². The van der Waals surface area contributed by atoms with E-state index in [-0.39, 0.29) is 23.4 Å². The fourth-order valence-corrected chi connectivity index (χ4v) is 5.91. The highest BCUT2D eigenvalue weighted by atomic mass is 35.5. The van der Waals surface area contributed by atoms with E-state index in [9.17, 15) is 18.0 Å². The Bertz CT molecular complexity index is 1420. The summed E-state index contributed by atoms with van der Waals surface area (Å²) in [5.41, 5.74) is 1.52. The number of nitrogens with zero attached hydrogens (tertiary/aromatic N) is 2. The maximum atomic E-state index is 14.0. The fourth-order valence-electron chi connectivity index (χ4n) is 3.99. The van der Waals surface area contributed by atoms with Crippen molar-refractivity contribution in [3.05, 3.63) is 94.0 Å². The summed E-state index contributed by atoms with van der Waals surface area (Å²) in [7, 11) is -4.15. The lowest BCUT2D eigenvalue weighted by Gasteiger charge is -2.33. The Labute approximate surface area is 240 Å². The average Bonchev–Trinajstić information content (AvgIpc) is 2.91. The normalized spacial score (nSPS) is 12.9. The number of carbonyl (C=O) groups excluding carboxylic acids is 2. The number of nitrogens with one attached hydrogen (secondary N) is 1. The second kappa shape index (κ2) is 13.3. The lowest BCUT2D eigenvalue weighted by atomic mass is 10.1. The molecule has 0 aromatic heterocycles. The van der Waals surface area contributed by atoms with Gasteiger partial charge in [0.2, 0.25) is 11.8 Å². The van der Waals surface area contributed by atoms with Gasteiger partial charge in [-0.3, -0.25) is 13.9 Å². The summed E-state index contributed by atoms with van der Waals surface area (Å²) in [5, 5.41) is 3.79. The minimum Gasteiger partial charge on any atom is -0.352 e. The van der Waals surface area contributed by atoms with Crippen molar-refractivity contribution in [1.29, 1.82) is 0 Å². The number of hydrogen-bond donors (Lipinski definition) is 1. The highest BCUT2D eigenvalue weighted by Gasteiger charge is 2.33. The predicted octanol–water partition coefficient (Wildman–Crippen LogP) is 5.83. The SMILES string of the molecule is CC[C@H](C)NC(=O)[C@@H](C)N(Cc1ccccc1Cl)C(=O)CN(c1ccc(Cl)cc1C)S(=O)(=O)c1ccccc1. The first-order chi connectivity index (χ1) is 18.4. The number of halogens is 2. The van der Waals surface area contributed by atoms with Crippen molar-refractivity contribution in [2.45, 2.75) is 57.6 Å². The number of anilines is 1. The molecular weight excluding hydrogens is 557 g/mol. The molecule has 7 nitrogen and oxygen atoms in total. The van der Waals surface area contributed by atoms with Crippen LogP contribution in [0.15, 0.2) is 77.7 Å². The molecule has 0 unspecified atom stereocenters. The molecule has 0 saturated carbocycles. The number of rotatable bonds is 11. The monoisotopic (exact) mass is 589 g/mol. The lowest BCUT2D eigenvalue weighted by Crippen LogP contribution is -2.52. The molecule has 10 heteroatoms. The van der Waals surface area contributed by atoms with Gasteiger partial charge in [0.15, 0.2) is 0 Å². The first-order valence-electron chi connectivity index (χ1n) is 12.6. The number of carbonyl (C=O) groups is 2. The third-order valence-corrected chi connectivity index (χ3v) is 8.88. The van der Waals surface area contributed by atoms with Crippen molar-refractivity contribution < 1.29 is 18.0 Å². The maximum Gasteiger partial charge on any atom is 0.264 e. The summed E-state index contributed by atoms with van der Waals surface area (Å²) < 4.78 is 28.8. The molecule has 0 saturated heterocycles. The Kier molecular flexibility index (Phi) is 10.4. The minimum absolute atomic E-state index is 0.0203. The van der Waals surface area contributed by atoms with Gasteiger partial charge < -0.3 is 10.2 Å². The summed E-state index contributed by atoms with van der Waals surface area (Å²) in [4.78, 5) is 28.5. The molecule has 0 spiro atoms. The van der Waals surface area contributed by atoms with Gasteiger partial charge in [-0.2, -0.15) is 0 Å². The van der Waals surface area contributed by atoms with E-state index in [4.69, 9.17) is 23.2 Å². The highest BCUT2D eigenvalue weighted by molar-refractivity contribution is 7.92. The summed E-state index contributed by atoms with van der Waals surface area (Å²) >= 11 is 12.5. The van der Waals surface area contributed by atoms with Gasteiger partial charge in [0.1, 0.15) is 12.6 Å². The summed E-state index contributed by atoms with van der Waals surface area (Å²) in [5.74, 6) is -0.902. The van der Waals surface area contributed by atoms with Crippen LogP contribution >= 0.6 is 23.2 Å². The topological polar surface area (TPSA) is 86.8 Å². The van der Waals surface area contributed by atoms with Crippen LogP contribution in [0.5, 0.6) is 0 Å². The van der Waals surface area contributed by atoms with Gasteiger partial charge in [0.25, 0.3) is 10.0 Å². The average molecular weight is 591 g/mol. The van der Waals surface area contributed by atoms with Crippen LogP contribution in [0.25, 0.3) is 0 Å². The number of amides is 2. The molecule has 39 heavy (non-hydrogen) atoms. The molecule has 2 amide bonds. The molecule has 208 valence electrons. The molecule has 3 aromatic rings. The third kappa shape index (κ3) is 7.53. The molecule has 0 radical (unpaired) electrons. The lowest BCUT2D eigenvalue weighted by molar-refractivity contribution is -0.139. The molecule has 0 fully saturated rings. The van der Waals surface area contributed by atoms with Crippen LogP contribution in [0.2, 0.25) is 10.0 Å². The van der Waals surface area contributed by atoms with Crippen molar-refractivity contribution in [2.24, 2.45) is 0 Å². The van der Waals surface area contributed by atoms with Crippen molar-refractivity contribution in [3.63, 3.8) is 0 Å².